The van der Waals surface area contributed by atoms with E-state index < -0.39 is 0 Å². The first-order chi connectivity index (χ1) is 11.1. The summed E-state index contributed by atoms with van der Waals surface area (Å²) < 4.78 is 3.43. The van der Waals surface area contributed by atoms with Gasteiger partial charge in [0.05, 0.1) is 11.7 Å². The van der Waals surface area contributed by atoms with Gasteiger partial charge in [0.15, 0.2) is 0 Å². The second kappa shape index (κ2) is 6.70. The van der Waals surface area contributed by atoms with Gasteiger partial charge in [-0.05, 0) is 26.2 Å². The first-order valence-electron chi connectivity index (χ1n) is 7.89. The molecule has 0 bridgehead atoms. The fourth-order valence-corrected chi connectivity index (χ4v) is 3.57. The van der Waals surface area contributed by atoms with E-state index >= 15 is 0 Å². The highest BCUT2D eigenvalue weighted by atomic mass is 35.5. The number of aromatic nitrogens is 5. The molecule has 3 rings (SSSR count). The van der Waals surface area contributed by atoms with Gasteiger partial charge < -0.3 is 4.90 Å². The molecule has 0 radical (unpaired) electrons. The molecule has 124 valence electrons. The van der Waals surface area contributed by atoms with E-state index in [1.54, 1.807) is 15.7 Å². The van der Waals surface area contributed by atoms with Gasteiger partial charge in [0, 0.05) is 32.1 Å². The van der Waals surface area contributed by atoms with Crippen LogP contribution in [0.5, 0.6) is 0 Å². The zero-order chi connectivity index (χ0) is 16.4. The van der Waals surface area contributed by atoms with Crippen LogP contribution in [0.1, 0.15) is 43.0 Å². The number of nitrogens with zero attached hydrogens (tertiary/aromatic N) is 6. The predicted molar refractivity (Wildman–Crippen MR) is 85.9 cm³/mol. The molecule has 7 nitrogen and oxygen atoms in total. The SMILES string of the molecule is Cc1nn(C)c(Cl)c1[C@H]1CCCN1C(=O)CCCn1cncn1. The Morgan fingerprint density at radius 2 is 2.30 bits per heavy atom. The molecule has 0 aromatic carbocycles. The molecule has 1 amide bonds. The molecule has 3 heterocycles. The summed E-state index contributed by atoms with van der Waals surface area (Å²) in [5.74, 6) is 0.173. The molecule has 0 aliphatic carbocycles. The zero-order valence-electron chi connectivity index (χ0n) is 13.4. The summed E-state index contributed by atoms with van der Waals surface area (Å²) in [5.41, 5.74) is 1.90. The summed E-state index contributed by atoms with van der Waals surface area (Å²) in [5, 5.41) is 9.06. The highest BCUT2D eigenvalue weighted by molar-refractivity contribution is 6.30. The monoisotopic (exact) mass is 336 g/mol. The third-order valence-corrected chi connectivity index (χ3v) is 4.80. The van der Waals surface area contributed by atoms with Crippen LogP contribution in [0.3, 0.4) is 0 Å². The van der Waals surface area contributed by atoms with Gasteiger partial charge in [0.1, 0.15) is 17.8 Å². The van der Waals surface area contributed by atoms with Crippen LogP contribution in [0.15, 0.2) is 12.7 Å². The van der Waals surface area contributed by atoms with Crippen LogP contribution in [-0.2, 0) is 18.4 Å². The van der Waals surface area contributed by atoms with Crippen molar-refractivity contribution in [3.63, 3.8) is 0 Å². The first kappa shape index (κ1) is 16.0. The highest BCUT2D eigenvalue weighted by Gasteiger charge is 2.33. The molecule has 1 aliphatic rings. The van der Waals surface area contributed by atoms with Crippen molar-refractivity contribution < 1.29 is 4.79 Å². The molecule has 1 atom stereocenters. The van der Waals surface area contributed by atoms with Crippen LogP contribution < -0.4 is 0 Å². The lowest BCUT2D eigenvalue weighted by atomic mass is 10.1. The van der Waals surface area contributed by atoms with Gasteiger partial charge >= 0.3 is 0 Å². The van der Waals surface area contributed by atoms with Crippen LogP contribution in [-0.4, -0.2) is 41.9 Å². The Balaban J connectivity index is 1.65. The molecular weight excluding hydrogens is 316 g/mol. The van der Waals surface area contributed by atoms with Crippen LogP contribution in [0, 0.1) is 6.92 Å². The van der Waals surface area contributed by atoms with Gasteiger partial charge in [-0.1, -0.05) is 11.6 Å². The van der Waals surface area contributed by atoms with Crippen LogP contribution in [0.4, 0.5) is 0 Å². The number of amides is 1. The van der Waals surface area contributed by atoms with Gasteiger partial charge in [-0.3, -0.25) is 14.2 Å². The van der Waals surface area contributed by atoms with Gasteiger partial charge in [-0.25, -0.2) is 4.98 Å². The van der Waals surface area contributed by atoms with Crippen molar-refractivity contribution in [1.29, 1.82) is 0 Å². The molecule has 0 saturated carbocycles. The first-order valence-corrected chi connectivity index (χ1v) is 8.26. The molecule has 8 heteroatoms. The van der Waals surface area contributed by atoms with Gasteiger partial charge in [-0.2, -0.15) is 10.2 Å². The average molecular weight is 337 g/mol. The normalized spacial score (nSPS) is 17.9. The quantitative estimate of drug-likeness (QED) is 0.838. The summed E-state index contributed by atoms with van der Waals surface area (Å²) in [6, 6.07) is 0.0510. The maximum absolute atomic E-state index is 12.6. The van der Waals surface area contributed by atoms with Crippen molar-refractivity contribution in [2.75, 3.05) is 6.54 Å². The zero-order valence-corrected chi connectivity index (χ0v) is 14.2. The second-order valence-corrected chi connectivity index (χ2v) is 6.28. The van der Waals surface area contributed by atoms with Crippen molar-refractivity contribution in [3.8, 4) is 0 Å². The fraction of sp³-hybridized carbons (Fsp3) is 0.600. The van der Waals surface area contributed by atoms with E-state index in [-0.39, 0.29) is 11.9 Å². The number of likely N-dealkylation sites (tertiary alicyclic amines) is 1. The summed E-state index contributed by atoms with van der Waals surface area (Å²) in [6.07, 6.45) is 6.39. The van der Waals surface area contributed by atoms with E-state index in [1.807, 2.05) is 18.9 Å². The van der Waals surface area contributed by atoms with Crippen LogP contribution in [0.25, 0.3) is 0 Å². The lowest BCUT2D eigenvalue weighted by Crippen LogP contribution is -2.30. The van der Waals surface area contributed by atoms with E-state index in [0.717, 1.165) is 37.1 Å². The van der Waals surface area contributed by atoms with Crippen LogP contribution in [0.2, 0.25) is 5.15 Å². The molecule has 0 spiro atoms. The van der Waals surface area contributed by atoms with Gasteiger partial charge in [-0.15, -0.1) is 0 Å². The number of hydrogen-bond acceptors (Lipinski definition) is 4. The molecule has 1 saturated heterocycles. The van der Waals surface area contributed by atoms with Crippen molar-refractivity contribution in [2.24, 2.45) is 7.05 Å². The number of halogens is 1. The third-order valence-electron chi connectivity index (χ3n) is 4.35. The summed E-state index contributed by atoms with van der Waals surface area (Å²) in [6.45, 7) is 3.45. The van der Waals surface area contributed by atoms with Crippen molar-refractivity contribution in [1.82, 2.24) is 29.4 Å². The van der Waals surface area contributed by atoms with E-state index in [4.69, 9.17) is 11.6 Å². The van der Waals surface area contributed by atoms with Gasteiger partial charge in [0.2, 0.25) is 5.91 Å². The molecule has 1 fully saturated rings. The van der Waals surface area contributed by atoms with Crippen molar-refractivity contribution >= 4 is 17.5 Å². The van der Waals surface area contributed by atoms with E-state index in [1.165, 1.54) is 6.33 Å². The van der Waals surface area contributed by atoms with Crippen molar-refractivity contribution in [2.45, 2.75) is 45.2 Å². The maximum Gasteiger partial charge on any atom is 0.223 e. The predicted octanol–water partition coefficient (Wildman–Crippen LogP) is 2.12. The molecule has 0 N–H and O–H groups in total. The van der Waals surface area contributed by atoms with Crippen LogP contribution >= 0.6 is 11.6 Å². The standard InChI is InChI=1S/C15H21ClN6O/c1-11-14(15(16)20(2)19-11)12-5-3-8-22(12)13(23)6-4-7-21-10-17-9-18-21/h9-10,12H,3-8H2,1-2H3/t12-/m1/s1. The number of aryl methyl sites for hydroxylation is 3. The van der Waals surface area contributed by atoms with E-state index in [0.29, 0.717) is 18.1 Å². The Morgan fingerprint density at radius 3 is 2.96 bits per heavy atom. The third kappa shape index (κ3) is 3.24. The number of carbonyl (C=O) groups excluding carboxylic acids is 1. The topological polar surface area (TPSA) is 68.8 Å². The summed E-state index contributed by atoms with van der Waals surface area (Å²) in [4.78, 5) is 18.5. The smallest absolute Gasteiger partial charge is 0.223 e. The minimum absolute atomic E-state index is 0.0510. The minimum Gasteiger partial charge on any atom is -0.335 e. The molecule has 23 heavy (non-hydrogen) atoms. The Bertz CT molecular complexity index is 680. The fourth-order valence-electron chi connectivity index (χ4n) is 3.27. The lowest BCUT2D eigenvalue weighted by Gasteiger charge is -2.25. The number of hydrogen-bond donors (Lipinski definition) is 0. The number of rotatable bonds is 5. The average Bonchev–Trinajstić information content (AvgIpc) is 3.22. The Morgan fingerprint density at radius 1 is 1.48 bits per heavy atom. The number of carbonyl (C=O) groups is 1. The van der Waals surface area contributed by atoms with E-state index in [9.17, 15) is 4.79 Å². The molecular formula is C15H21ClN6O. The van der Waals surface area contributed by atoms with Crippen molar-refractivity contribution in [3.05, 3.63) is 29.1 Å². The lowest BCUT2D eigenvalue weighted by molar-refractivity contribution is -0.132. The maximum atomic E-state index is 12.6. The highest BCUT2D eigenvalue weighted by Crippen LogP contribution is 2.37. The summed E-state index contributed by atoms with van der Waals surface area (Å²) >= 11 is 6.38. The molecule has 2 aromatic rings. The Labute approximate surface area is 140 Å². The Kier molecular flexibility index (Phi) is 4.66. The summed E-state index contributed by atoms with van der Waals surface area (Å²) in [7, 11) is 1.83. The Hall–Kier alpha value is -1.89. The largest absolute Gasteiger partial charge is 0.335 e. The molecule has 2 aromatic heterocycles. The molecule has 1 aliphatic heterocycles. The minimum atomic E-state index is 0.0510. The van der Waals surface area contributed by atoms with Gasteiger partial charge in [0.25, 0.3) is 0 Å². The van der Waals surface area contributed by atoms with E-state index in [2.05, 4.69) is 15.2 Å². The molecule has 0 unspecified atom stereocenters. The second-order valence-electron chi connectivity index (χ2n) is 5.92.